The lowest BCUT2D eigenvalue weighted by Gasteiger charge is -2.28. The molecule has 1 N–H and O–H groups in total. The maximum absolute atomic E-state index is 5.44. The third-order valence-electron chi connectivity index (χ3n) is 3.91. The molecule has 7 nitrogen and oxygen atoms in total. The lowest BCUT2D eigenvalue weighted by Crippen LogP contribution is -2.37. The van der Waals surface area contributed by atoms with E-state index in [-0.39, 0.29) is 0 Å². The Morgan fingerprint density at radius 1 is 1.09 bits per heavy atom. The van der Waals surface area contributed by atoms with Gasteiger partial charge in [0.25, 0.3) is 0 Å². The number of morpholine rings is 1. The van der Waals surface area contributed by atoms with Gasteiger partial charge in [0.15, 0.2) is 5.65 Å². The number of ether oxygens (including phenoxy) is 1. The molecule has 3 aromatic rings. The smallest absolute Gasteiger partial charge is 0.231 e. The van der Waals surface area contributed by atoms with Gasteiger partial charge in [0, 0.05) is 25.8 Å². The summed E-state index contributed by atoms with van der Waals surface area (Å²) in [7, 11) is 1.89. The molecule has 0 unspecified atom stereocenters. The van der Waals surface area contributed by atoms with Crippen molar-refractivity contribution in [2.24, 2.45) is 7.05 Å². The molecule has 0 bridgehead atoms. The van der Waals surface area contributed by atoms with Crippen LogP contribution in [0.3, 0.4) is 0 Å². The van der Waals surface area contributed by atoms with Crippen LogP contribution in [-0.2, 0) is 11.8 Å². The predicted octanol–water partition coefficient (Wildman–Crippen LogP) is 1.94. The van der Waals surface area contributed by atoms with Gasteiger partial charge in [-0.15, -0.1) is 0 Å². The quantitative estimate of drug-likeness (QED) is 0.797. The summed E-state index contributed by atoms with van der Waals surface area (Å²) in [5.74, 6) is 1.48. The third kappa shape index (κ3) is 2.70. The first-order chi connectivity index (χ1) is 11.3. The van der Waals surface area contributed by atoms with Crippen LogP contribution in [0.4, 0.5) is 17.5 Å². The fourth-order valence-corrected chi connectivity index (χ4v) is 2.73. The van der Waals surface area contributed by atoms with E-state index < -0.39 is 0 Å². The number of rotatable bonds is 3. The van der Waals surface area contributed by atoms with Gasteiger partial charge in [-0.2, -0.15) is 15.1 Å². The standard InChI is InChI=1S/C16H18N6O/c1-21-14-13(11-17-21)15(22-7-9-23-10-8-22)20-16(19-14)18-12-5-3-2-4-6-12/h2-6,11H,7-10H2,1H3,(H,18,19,20). The van der Waals surface area contributed by atoms with Crippen LogP contribution in [0.5, 0.6) is 0 Å². The van der Waals surface area contributed by atoms with Gasteiger partial charge in [-0.3, -0.25) is 4.68 Å². The number of hydrogen-bond donors (Lipinski definition) is 1. The highest BCUT2D eigenvalue weighted by Gasteiger charge is 2.19. The normalized spacial score (nSPS) is 15.1. The number of aryl methyl sites for hydroxylation is 1. The molecule has 1 fully saturated rings. The molecule has 23 heavy (non-hydrogen) atoms. The fraction of sp³-hybridized carbons (Fsp3) is 0.312. The van der Waals surface area contributed by atoms with Crippen LogP contribution in [0.25, 0.3) is 11.0 Å². The van der Waals surface area contributed by atoms with Gasteiger partial charge >= 0.3 is 0 Å². The molecule has 2 aromatic heterocycles. The Morgan fingerprint density at radius 3 is 2.65 bits per heavy atom. The zero-order valence-electron chi connectivity index (χ0n) is 12.9. The number of benzene rings is 1. The van der Waals surface area contributed by atoms with Crippen LogP contribution in [-0.4, -0.2) is 46.1 Å². The highest BCUT2D eigenvalue weighted by atomic mass is 16.5. The van der Waals surface area contributed by atoms with Gasteiger partial charge in [-0.25, -0.2) is 0 Å². The lowest BCUT2D eigenvalue weighted by atomic mass is 10.3. The molecule has 0 aliphatic carbocycles. The lowest BCUT2D eigenvalue weighted by molar-refractivity contribution is 0.122. The van der Waals surface area contributed by atoms with Gasteiger partial charge in [0.05, 0.1) is 24.8 Å². The Morgan fingerprint density at radius 2 is 1.87 bits per heavy atom. The summed E-state index contributed by atoms with van der Waals surface area (Å²) in [6, 6.07) is 9.92. The van der Waals surface area contributed by atoms with E-state index in [1.54, 1.807) is 4.68 Å². The van der Waals surface area contributed by atoms with E-state index in [0.29, 0.717) is 19.2 Å². The summed E-state index contributed by atoms with van der Waals surface area (Å²) in [6.45, 7) is 3.08. The van der Waals surface area contributed by atoms with E-state index in [9.17, 15) is 0 Å². The van der Waals surface area contributed by atoms with Crippen molar-refractivity contribution in [2.45, 2.75) is 0 Å². The summed E-state index contributed by atoms with van der Waals surface area (Å²) < 4.78 is 7.22. The molecule has 0 saturated carbocycles. The van der Waals surface area contributed by atoms with E-state index in [2.05, 4.69) is 20.3 Å². The topological polar surface area (TPSA) is 68.1 Å². The van der Waals surface area contributed by atoms with Gasteiger partial charge in [0.1, 0.15) is 5.82 Å². The van der Waals surface area contributed by atoms with E-state index in [4.69, 9.17) is 9.72 Å². The maximum Gasteiger partial charge on any atom is 0.231 e. The zero-order chi connectivity index (χ0) is 15.6. The summed E-state index contributed by atoms with van der Waals surface area (Å²) in [6.07, 6.45) is 1.83. The van der Waals surface area contributed by atoms with Crippen molar-refractivity contribution in [3.8, 4) is 0 Å². The molecule has 1 aliphatic heterocycles. The minimum Gasteiger partial charge on any atom is -0.378 e. The maximum atomic E-state index is 5.44. The highest BCUT2D eigenvalue weighted by Crippen LogP contribution is 2.26. The monoisotopic (exact) mass is 310 g/mol. The van der Waals surface area contributed by atoms with Gasteiger partial charge < -0.3 is 15.0 Å². The van der Waals surface area contributed by atoms with Crippen molar-refractivity contribution >= 4 is 28.5 Å². The van der Waals surface area contributed by atoms with Gasteiger partial charge in [0.2, 0.25) is 5.95 Å². The van der Waals surface area contributed by atoms with Crippen molar-refractivity contribution in [1.29, 1.82) is 0 Å². The average molecular weight is 310 g/mol. The third-order valence-corrected chi connectivity index (χ3v) is 3.91. The molecule has 0 atom stereocenters. The molecule has 1 saturated heterocycles. The second-order valence-corrected chi connectivity index (χ2v) is 5.47. The van der Waals surface area contributed by atoms with E-state index in [1.807, 2.05) is 43.6 Å². The van der Waals surface area contributed by atoms with E-state index in [0.717, 1.165) is 35.6 Å². The van der Waals surface area contributed by atoms with Crippen molar-refractivity contribution in [2.75, 3.05) is 36.5 Å². The number of anilines is 3. The van der Waals surface area contributed by atoms with Crippen molar-refractivity contribution in [3.63, 3.8) is 0 Å². The molecule has 0 amide bonds. The van der Waals surface area contributed by atoms with Gasteiger partial charge in [-0.1, -0.05) is 18.2 Å². The van der Waals surface area contributed by atoms with Crippen LogP contribution in [0.2, 0.25) is 0 Å². The summed E-state index contributed by atoms with van der Waals surface area (Å²) >= 11 is 0. The molecular formula is C16H18N6O. The Bertz CT molecular complexity index is 810. The zero-order valence-corrected chi connectivity index (χ0v) is 12.9. The van der Waals surface area contributed by atoms with E-state index >= 15 is 0 Å². The van der Waals surface area contributed by atoms with Crippen molar-refractivity contribution in [1.82, 2.24) is 19.7 Å². The Labute approximate surface area is 133 Å². The Kier molecular flexibility index (Phi) is 3.55. The average Bonchev–Trinajstić information content (AvgIpc) is 2.97. The van der Waals surface area contributed by atoms with Crippen molar-refractivity contribution in [3.05, 3.63) is 36.5 Å². The molecule has 1 aliphatic rings. The molecular weight excluding hydrogens is 292 g/mol. The summed E-state index contributed by atoms with van der Waals surface area (Å²) in [5.41, 5.74) is 1.78. The second-order valence-electron chi connectivity index (χ2n) is 5.47. The Balaban J connectivity index is 1.77. The largest absolute Gasteiger partial charge is 0.378 e. The first kappa shape index (κ1) is 14.0. The van der Waals surface area contributed by atoms with Crippen LogP contribution in [0, 0.1) is 0 Å². The molecule has 0 radical (unpaired) electrons. The number of hydrogen-bond acceptors (Lipinski definition) is 6. The highest BCUT2D eigenvalue weighted by molar-refractivity contribution is 5.88. The first-order valence-electron chi connectivity index (χ1n) is 7.66. The Hall–Kier alpha value is -2.67. The SMILES string of the molecule is Cn1ncc2c(N3CCOCC3)nc(Nc3ccccc3)nc21. The minimum atomic E-state index is 0.578. The van der Waals surface area contributed by atoms with Crippen molar-refractivity contribution < 1.29 is 4.74 Å². The number of nitrogens with one attached hydrogen (secondary N) is 1. The molecule has 1 aromatic carbocycles. The minimum absolute atomic E-state index is 0.578. The van der Waals surface area contributed by atoms with Crippen LogP contribution in [0.1, 0.15) is 0 Å². The summed E-state index contributed by atoms with van der Waals surface area (Å²) in [5, 5.41) is 8.56. The summed E-state index contributed by atoms with van der Waals surface area (Å²) in [4.78, 5) is 11.6. The number of aromatic nitrogens is 4. The van der Waals surface area contributed by atoms with Gasteiger partial charge in [-0.05, 0) is 12.1 Å². The van der Waals surface area contributed by atoms with E-state index in [1.165, 1.54) is 0 Å². The van der Waals surface area contributed by atoms with Crippen LogP contribution >= 0.6 is 0 Å². The fourth-order valence-electron chi connectivity index (χ4n) is 2.73. The van der Waals surface area contributed by atoms with Crippen LogP contribution < -0.4 is 10.2 Å². The number of nitrogens with zero attached hydrogens (tertiary/aromatic N) is 5. The number of fused-ring (bicyclic) bond motifs is 1. The second kappa shape index (κ2) is 5.85. The molecule has 3 heterocycles. The molecule has 4 rings (SSSR count). The molecule has 0 spiro atoms. The predicted molar refractivity (Wildman–Crippen MR) is 89.1 cm³/mol. The number of para-hydroxylation sites is 1. The molecule has 118 valence electrons. The molecule has 7 heteroatoms. The van der Waals surface area contributed by atoms with Crippen LogP contribution in [0.15, 0.2) is 36.5 Å². The first-order valence-corrected chi connectivity index (χ1v) is 7.66.